The van der Waals surface area contributed by atoms with Crippen molar-refractivity contribution in [3.63, 3.8) is 0 Å². The first-order chi connectivity index (χ1) is 8.93. The van der Waals surface area contributed by atoms with Gasteiger partial charge in [-0.05, 0) is 44.4 Å². The Morgan fingerprint density at radius 1 is 1.37 bits per heavy atom. The summed E-state index contributed by atoms with van der Waals surface area (Å²) in [7, 11) is -3.45. The van der Waals surface area contributed by atoms with E-state index in [0.29, 0.717) is 12.1 Å². The molecular formula is C14H21NO3S. The second-order valence-electron chi connectivity index (χ2n) is 5.21. The maximum Gasteiger partial charge on any atom is 0.243 e. The fourth-order valence-corrected chi connectivity index (χ4v) is 4.25. The molecule has 5 heteroatoms. The maximum atomic E-state index is 12.6. The summed E-state index contributed by atoms with van der Waals surface area (Å²) >= 11 is 0. The van der Waals surface area contributed by atoms with Crippen LogP contribution in [0.1, 0.15) is 44.8 Å². The second-order valence-corrected chi connectivity index (χ2v) is 7.10. The van der Waals surface area contributed by atoms with Gasteiger partial charge in [0.05, 0.1) is 11.0 Å². The Bertz CT molecular complexity index is 539. The number of sulfonamides is 1. The first-order valence-electron chi connectivity index (χ1n) is 6.73. The molecule has 1 heterocycles. The Balaban J connectivity index is 2.36. The molecule has 0 saturated carbocycles. The molecule has 1 N–H and O–H groups in total. The Morgan fingerprint density at radius 2 is 2.11 bits per heavy atom. The van der Waals surface area contributed by atoms with Crippen molar-refractivity contribution < 1.29 is 13.5 Å². The maximum absolute atomic E-state index is 12.6. The SMILES string of the molecule is CC(O)c1cccc(S(=O)(=O)N2CCCCC2C)c1. The van der Waals surface area contributed by atoms with Crippen LogP contribution in [0.15, 0.2) is 29.2 Å². The molecule has 0 aromatic heterocycles. The van der Waals surface area contributed by atoms with Gasteiger partial charge in [-0.15, -0.1) is 0 Å². The van der Waals surface area contributed by atoms with Gasteiger partial charge in [-0.2, -0.15) is 4.31 Å². The van der Waals surface area contributed by atoms with Crippen LogP contribution in [-0.2, 0) is 10.0 Å². The van der Waals surface area contributed by atoms with Crippen molar-refractivity contribution in [3.05, 3.63) is 29.8 Å². The quantitative estimate of drug-likeness (QED) is 0.926. The van der Waals surface area contributed by atoms with Gasteiger partial charge in [-0.1, -0.05) is 18.6 Å². The predicted molar refractivity (Wildman–Crippen MR) is 74.3 cm³/mol. The van der Waals surface area contributed by atoms with Crippen LogP contribution in [0.5, 0.6) is 0 Å². The van der Waals surface area contributed by atoms with Gasteiger partial charge in [0, 0.05) is 12.6 Å². The fourth-order valence-electron chi connectivity index (χ4n) is 2.50. The van der Waals surface area contributed by atoms with E-state index in [2.05, 4.69) is 0 Å². The highest BCUT2D eigenvalue weighted by atomic mass is 32.2. The number of aliphatic hydroxyl groups excluding tert-OH is 1. The van der Waals surface area contributed by atoms with E-state index in [1.165, 1.54) is 0 Å². The van der Waals surface area contributed by atoms with Crippen LogP contribution in [0.2, 0.25) is 0 Å². The lowest BCUT2D eigenvalue weighted by Crippen LogP contribution is -2.41. The first kappa shape index (κ1) is 14.5. The summed E-state index contributed by atoms with van der Waals surface area (Å²) in [5, 5.41) is 9.57. The van der Waals surface area contributed by atoms with Crippen LogP contribution in [0.3, 0.4) is 0 Å². The van der Waals surface area contributed by atoms with Crippen molar-refractivity contribution in [1.82, 2.24) is 4.31 Å². The van der Waals surface area contributed by atoms with E-state index in [0.717, 1.165) is 19.3 Å². The molecule has 0 radical (unpaired) electrons. The van der Waals surface area contributed by atoms with Gasteiger partial charge in [-0.3, -0.25) is 0 Å². The molecule has 0 aliphatic carbocycles. The summed E-state index contributed by atoms with van der Waals surface area (Å²) in [4.78, 5) is 0.277. The molecule has 0 bridgehead atoms. The lowest BCUT2D eigenvalue weighted by Gasteiger charge is -2.32. The van der Waals surface area contributed by atoms with Crippen molar-refractivity contribution in [1.29, 1.82) is 0 Å². The minimum atomic E-state index is -3.45. The molecule has 106 valence electrons. The van der Waals surface area contributed by atoms with E-state index in [1.54, 1.807) is 35.5 Å². The van der Waals surface area contributed by atoms with Gasteiger partial charge in [0.15, 0.2) is 0 Å². The number of nitrogens with zero attached hydrogens (tertiary/aromatic N) is 1. The summed E-state index contributed by atoms with van der Waals surface area (Å²) < 4.78 is 26.8. The number of aliphatic hydroxyl groups is 1. The highest BCUT2D eigenvalue weighted by Crippen LogP contribution is 2.26. The number of benzene rings is 1. The molecular weight excluding hydrogens is 262 g/mol. The third-order valence-corrected chi connectivity index (χ3v) is 5.70. The van der Waals surface area contributed by atoms with E-state index in [-0.39, 0.29) is 10.9 Å². The number of hydrogen-bond acceptors (Lipinski definition) is 3. The summed E-state index contributed by atoms with van der Waals surface area (Å²) in [5.41, 5.74) is 0.630. The van der Waals surface area contributed by atoms with Gasteiger partial charge in [0.1, 0.15) is 0 Å². The number of piperidine rings is 1. The van der Waals surface area contributed by atoms with Gasteiger partial charge >= 0.3 is 0 Å². The molecule has 1 aliphatic heterocycles. The van der Waals surface area contributed by atoms with Gasteiger partial charge < -0.3 is 5.11 Å². The van der Waals surface area contributed by atoms with E-state index in [1.807, 2.05) is 6.92 Å². The monoisotopic (exact) mass is 283 g/mol. The lowest BCUT2D eigenvalue weighted by molar-refractivity contribution is 0.199. The summed E-state index contributed by atoms with van der Waals surface area (Å²) in [6.07, 6.45) is 2.25. The first-order valence-corrected chi connectivity index (χ1v) is 8.17. The largest absolute Gasteiger partial charge is 0.389 e. The lowest BCUT2D eigenvalue weighted by atomic mass is 10.1. The molecule has 1 fully saturated rings. The van der Waals surface area contributed by atoms with Crippen LogP contribution in [0.25, 0.3) is 0 Å². The molecule has 0 spiro atoms. The molecule has 1 aromatic rings. The van der Waals surface area contributed by atoms with Gasteiger partial charge in [0.2, 0.25) is 10.0 Å². The minimum absolute atomic E-state index is 0.0500. The minimum Gasteiger partial charge on any atom is -0.389 e. The van der Waals surface area contributed by atoms with E-state index < -0.39 is 16.1 Å². The molecule has 2 unspecified atom stereocenters. The Labute approximate surface area is 115 Å². The van der Waals surface area contributed by atoms with Crippen molar-refractivity contribution in [2.24, 2.45) is 0 Å². The standard InChI is InChI=1S/C14H21NO3S/c1-11-6-3-4-9-15(11)19(17,18)14-8-5-7-13(10-14)12(2)16/h5,7-8,10-12,16H,3-4,6,9H2,1-2H3. The van der Waals surface area contributed by atoms with Gasteiger partial charge in [0.25, 0.3) is 0 Å². The third-order valence-electron chi connectivity index (χ3n) is 3.69. The van der Waals surface area contributed by atoms with Crippen LogP contribution < -0.4 is 0 Å². The van der Waals surface area contributed by atoms with Crippen molar-refractivity contribution >= 4 is 10.0 Å². The molecule has 2 atom stereocenters. The van der Waals surface area contributed by atoms with E-state index in [9.17, 15) is 13.5 Å². The Hall–Kier alpha value is -0.910. The molecule has 1 saturated heterocycles. The topological polar surface area (TPSA) is 57.6 Å². The molecule has 0 amide bonds. The van der Waals surface area contributed by atoms with Crippen molar-refractivity contribution in [2.75, 3.05) is 6.54 Å². The molecule has 2 rings (SSSR count). The Morgan fingerprint density at radius 3 is 2.74 bits per heavy atom. The number of hydrogen-bond donors (Lipinski definition) is 1. The fraction of sp³-hybridized carbons (Fsp3) is 0.571. The van der Waals surface area contributed by atoms with Crippen LogP contribution in [0.4, 0.5) is 0 Å². The molecule has 4 nitrogen and oxygen atoms in total. The van der Waals surface area contributed by atoms with Crippen LogP contribution in [0, 0.1) is 0 Å². The zero-order chi connectivity index (χ0) is 14.0. The molecule has 19 heavy (non-hydrogen) atoms. The van der Waals surface area contributed by atoms with Gasteiger partial charge in [-0.25, -0.2) is 8.42 Å². The smallest absolute Gasteiger partial charge is 0.243 e. The van der Waals surface area contributed by atoms with E-state index in [4.69, 9.17) is 0 Å². The highest BCUT2D eigenvalue weighted by molar-refractivity contribution is 7.89. The molecule has 1 aromatic carbocycles. The highest BCUT2D eigenvalue weighted by Gasteiger charge is 2.31. The second kappa shape index (κ2) is 5.61. The summed E-state index contributed by atoms with van der Waals surface area (Å²) in [6.45, 7) is 4.17. The zero-order valence-corrected chi connectivity index (χ0v) is 12.2. The third kappa shape index (κ3) is 2.99. The number of rotatable bonds is 3. The van der Waals surface area contributed by atoms with Crippen LogP contribution >= 0.6 is 0 Å². The summed E-state index contributed by atoms with van der Waals surface area (Å²) in [5.74, 6) is 0. The molecule has 1 aliphatic rings. The van der Waals surface area contributed by atoms with Crippen molar-refractivity contribution in [2.45, 2.75) is 50.2 Å². The van der Waals surface area contributed by atoms with Crippen molar-refractivity contribution in [3.8, 4) is 0 Å². The predicted octanol–water partition coefficient (Wildman–Crippen LogP) is 2.30. The summed E-state index contributed by atoms with van der Waals surface area (Å²) in [6, 6.07) is 6.64. The zero-order valence-electron chi connectivity index (χ0n) is 11.4. The average Bonchev–Trinajstić information content (AvgIpc) is 2.39. The van der Waals surface area contributed by atoms with E-state index >= 15 is 0 Å². The normalized spacial score (nSPS) is 23.2. The average molecular weight is 283 g/mol. The van der Waals surface area contributed by atoms with Crippen LogP contribution in [-0.4, -0.2) is 30.4 Å². The Kier molecular flexibility index (Phi) is 4.28.